The molecule has 1 heterocycles. The van der Waals surface area contributed by atoms with Gasteiger partial charge in [-0.1, -0.05) is 42.5 Å². The first-order valence-corrected chi connectivity index (χ1v) is 8.28. The molecule has 3 heteroatoms. The maximum absolute atomic E-state index is 12.2. The SMILES string of the molecule is CC(CCc1ccccc1)NC(=O)Cc1ccc2c(c1)OCC2. The molecule has 23 heavy (non-hydrogen) atoms. The molecule has 3 rings (SSSR count). The summed E-state index contributed by atoms with van der Waals surface area (Å²) in [5.74, 6) is 1.01. The number of aryl methyl sites for hydroxylation is 1. The fraction of sp³-hybridized carbons (Fsp3) is 0.350. The van der Waals surface area contributed by atoms with Gasteiger partial charge in [0.2, 0.25) is 5.91 Å². The van der Waals surface area contributed by atoms with Crippen LogP contribution in [0.3, 0.4) is 0 Å². The molecule has 0 aromatic heterocycles. The minimum atomic E-state index is 0.0727. The van der Waals surface area contributed by atoms with Crippen molar-refractivity contribution in [2.45, 2.75) is 38.6 Å². The Kier molecular flexibility index (Phi) is 4.96. The summed E-state index contributed by atoms with van der Waals surface area (Å²) in [6.45, 7) is 2.81. The molecule has 0 saturated carbocycles. The number of amides is 1. The lowest BCUT2D eigenvalue weighted by atomic mass is 10.0. The zero-order valence-electron chi connectivity index (χ0n) is 13.5. The Morgan fingerprint density at radius 2 is 2.00 bits per heavy atom. The molecule has 1 atom stereocenters. The number of fused-ring (bicyclic) bond motifs is 1. The lowest BCUT2D eigenvalue weighted by Crippen LogP contribution is -2.34. The van der Waals surface area contributed by atoms with E-state index >= 15 is 0 Å². The second-order valence-corrected chi connectivity index (χ2v) is 6.21. The van der Waals surface area contributed by atoms with E-state index in [2.05, 4.69) is 42.6 Å². The average Bonchev–Trinajstić information content (AvgIpc) is 3.01. The third-order valence-electron chi connectivity index (χ3n) is 4.24. The van der Waals surface area contributed by atoms with Crippen molar-refractivity contribution in [1.82, 2.24) is 5.32 Å². The van der Waals surface area contributed by atoms with Gasteiger partial charge < -0.3 is 10.1 Å². The normalized spacial score (nSPS) is 14.0. The van der Waals surface area contributed by atoms with Gasteiger partial charge in [0.05, 0.1) is 13.0 Å². The molecule has 0 bridgehead atoms. The van der Waals surface area contributed by atoms with Gasteiger partial charge in [-0.25, -0.2) is 0 Å². The Labute approximate surface area is 137 Å². The Morgan fingerprint density at radius 1 is 1.17 bits per heavy atom. The van der Waals surface area contributed by atoms with E-state index in [0.717, 1.165) is 37.2 Å². The number of nitrogens with one attached hydrogen (secondary N) is 1. The zero-order chi connectivity index (χ0) is 16.1. The highest BCUT2D eigenvalue weighted by Gasteiger charge is 2.14. The van der Waals surface area contributed by atoms with Gasteiger partial charge in [0, 0.05) is 12.5 Å². The third-order valence-corrected chi connectivity index (χ3v) is 4.24. The quantitative estimate of drug-likeness (QED) is 0.889. The number of carbonyl (C=O) groups is 1. The summed E-state index contributed by atoms with van der Waals surface area (Å²) in [5, 5.41) is 3.09. The molecule has 2 aromatic rings. The molecule has 1 aliphatic heterocycles. The Hall–Kier alpha value is -2.29. The van der Waals surface area contributed by atoms with Crippen molar-refractivity contribution in [1.29, 1.82) is 0 Å². The topological polar surface area (TPSA) is 38.3 Å². The third kappa shape index (κ3) is 4.35. The van der Waals surface area contributed by atoms with Crippen molar-refractivity contribution in [2.24, 2.45) is 0 Å². The predicted molar refractivity (Wildman–Crippen MR) is 91.7 cm³/mol. The Balaban J connectivity index is 1.47. The first-order valence-electron chi connectivity index (χ1n) is 8.28. The highest BCUT2D eigenvalue weighted by molar-refractivity contribution is 5.79. The summed E-state index contributed by atoms with van der Waals surface area (Å²) in [6.07, 6.45) is 3.31. The fourth-order valence-corrected chi connectivity index (χ4v) is 2.93. The van der Waals surface area contributed by atoms with E-state index < -0.39 is 0 Å². The predicted octanol–water partition coefficient (Wildman–Crippen LogP) is 3.30. The summed E-state index contributed by atoms with van der Waals surface area (Å²) in [7, 11) is 0. The number of rotatable bonds is 6. The van der Waals surface area contributed by atoms with Gasteiger partial charge in [0.1, 0.15) is 5.75 Å². The fourth-order valence-electron chi connectivity index (χ4n) is 2.93. The van der Waals surface area contributed by atoms with Gasteiger partial charge >= 0.3 is 0 Å². The lowest BCUT2D eigenvalue weighted by Gasteiger charge is -2.14. The van der Waals surface area contributed by atoms with Crippen LogP contribution in [0.15, 0.2) is 48.5 Å². The van der Waals surface area contributed by atoms with Crippen LogP contribution in [-0.4, -0.2) is 18.6 Å². The number of hydrogen-bond acceptors (Lipinski definition) is 2. The second kappa shape index (κ2) is 7.32. The molecule has 0 saturated heterocycles. The van der Waals surface area contributed by atoms with Gasteiger partial charge in [0.25, 0.3) is 0 Å². The van der Waals surface area contributed by atoms with Crippen LogP contribution in [0.25, 0.3) is 0 Å². The summed E-state index contributed by atoms with van der Waals surface area (Å²) in [5.41, 5.74) is 3.56. The van der Waals surface area contributed by atoms with Crippen LogP contribution in [0.5, 0.6) is 5.75 Å². The van der Waals surface area contributed by atoms with Gasteiger partial charge in [-0.3, -0.25) is 4.79 Å². The van der Waals surface area contributed by atoms with Crippen molar-refractivity contribution in [2.75, 3.05) is 6.61 Å². The second-order valence-electron chi connectivity index (χ2n) is 6.21. The summed E-state index contributed by atoms with van der Waals surface area (Å²) in [4.78, 5) is 12.2. The molecular weight excluding hydrogens is 286 g/mol. The molecule has 120 valence electrons. The molecule has 3 nitrogen and oxygen atoms in total. The molecule has 1 aliphatic rings. The van der Waals surface area contributed by atoms with Crippen molar-refractivity contribution in [3.63, 3.8) is 0 Å². The van der Waals surface area contributed by atoms with Crippen LogP contribution in [0.2, 0.25) is 0 Å². The van der Waals surface area contributed by atoms with E-state index in [4.69, 9.17) is 4.74 Å². The monoisotopic (exact) mass is 309 g/mol. The number of hydrogen-bond donors (Lipinski definition) is 1. The highest BCUT2D eigenvalue weighted by Crippen LogP contribution is 2.26. The van der Waals surface area contributed by atoms with Crippen molar-refractivity contribution in [3.8, 4) is 5.75 Å². The highest BCUT2D eigenvalue weighted by atomic mass is 16.5. The van der Waals surface area contributed by atoms with E-state index in [0.29, 0.717) is 6.42 Å². The molecule has 0 aliphatic carbocycles. The average molecular weight is 309 g/mol. The maximum Gasteiger partial charge on any atom is 0.224 e. The van der Waals surface area contributed by atoms with Crippen LogP contribution >= 0.6 is 0 Å². The Morgan fingerprint density at radius 3 is 2.83 bits per heavy atom. The molecule has 1 unspecified atom stereocenters. The first kappa shape index (κ1) is 15.6. The first-order chi connectivity index (χ1) is 11.2. The molecule has 2 aromatic carbocycles. The van der Waals surface area contributed by atoms with Crippen LogP contribution in [0.4, 0.5) is 0 Å². The molecule has 1 N–H and O–H groups in total. The van der Waals surface area contributed by atoms with Crippen molar-refractivity contribution in [3.05, 3.63) is 65.2 Å². The van der Waals surface area contributed by atoms with E-state index in [1.54, 1.807) is 0 Å². The maximum atomic E-state index is 12.2. The molecule has 0 fully saturated rings. The minimum absolute atomic E-state index is 0.0727. The van der Waals surface area contributed by atoms with Crippen LogP contribution in [0, 0.1) is 0 Å². The largest absolute Gasteiger partial charge is 0.493 e. The van der Waals surface area contributed by atoms with Gasteiger partial charge in [-0.2, -0.15) is 0 Å². The summed E-state index contributed by atoms with van der Waals surface area (Å²) >= 11 is 0. The van der Waals surface area contributed by atoms with Crippen LogP contribution in [-0.2, 0) is 24.1 Å². The van der Waals surface area contributed by atoms with E-state index in [9.17, 15) is 4.79 Å². The Bertz CT molecular complexity index is 667. The molecule has 0 spiro atoms. The summed E-state index contributed by atoms with van der Waals surface area (Å²) in [6, 6.07) is 16.6. The van der Waals surface area contributed by atoms with E-state index in [-0.39, 0.29) is 11.9 Å². The van der Waals surface area contributed by atoms with Crippen molar-refractivity contribution >= 4 is 5.91 Å². The summed E-state index contributed by atoms with van der Waals surface area (Å²) < 4.78 is 5.56. The molecule has 1 amide bonds. The van der Waals surface area contributed by atoms with Gasteiger partial charge in [0.15, 0.2) is 0 Å². The number of ether oxygens (including phenoxy) is 1. The van der Waals surface area contributed by atoms with E-state index in [1.807, 2.05) is 18.2 Å². The van der Waals surface area contributed by atoms with Crippen LogP contribution < -0.4 is 10.1 Å². The number of benzene rings is 2. The van der Waals surface area contributed by atoms with Crippen molar-refractivity contribution < 1.29 is 9.53 Å². The molecular formula is C20H23NO2. The lowest BCUT2D eigenvalue weighted by molar-refractivity contribution is -0.121. The standard InChI is InChI=1S/C20H23NO2/c1-15(7-8-16-5-3-2-4-6-16)21-20(22)14-17-9-10-18-11-12-23-19(18)13-17/h2-6,9-10,13,15H,7-8,11-12,14H2,1H3,(H,21,22). The van der Waals surface area contributed by atoms with Crippen LogP contribution in [0.1, 0.15) is 30.0 Å². The molecule has 0 radical (unpaired) electrons. The minimum Gasteiger partial charge on any atom is -0.493 e. The van der Waals surface area contributed by atoms with E-state index in [1.165, 1.54) is 11.1 Å². The van der Waals surface area contributed by atoms with Gasteiger partial charge in [-0.05, 0) is 42.5 Å². The smallest absolute Gasteiger partial charge is 0.224 e. The number of carbonyl (C=O) groups excluding carboxylic acids is 1. The van der Waals surface area contributed by atoms with Gasteiger partial charge in [-0.15, -0.1) is 0 Å². The zero-order valence-corrected chi connectivity index (χ0v) is 13.5.